The van der Waals surface area contributed by atoms with Crippen molar-refractivity contribution in [2.24, 2.45) is 0 Å². The molecule has 0 bridgehead atoms. The van der Waals surface area contributed by atoms with E-state index in [2.05, 4.69) is 31.3 Å². The molecule has 0 heterocycles. The van der Waals surface area contributed by atoms with Crippen molar-refractivity contribution in [2.45, 2.75) is 64.3 Å². The third kappa shape index (κ3) is 4.85. The second kappa shape index (κ2) is 9.27. The van der Waals surface area contributed by atoms with Crippen LogP contribution in [0.2, 0.25) is 0 Å². The number of likely N-dealkylation sites (N-methyl/N-ethyl adjacent to an activating group) is 1. The first-order valence-corrected chi connectivity index (χ1v) is 9.31. The molecule has 0 aliphatic heterocycles. The lowest BCUT2D eigenvalue weighted by molar-refractivity contribution is -0.128. The molecule has 134 valence electrons. The molecular formula is C21H29N3O. The van der Waals surface area contributed by atoms with Crippen molar-refractivity contribution < 1.29 is 4.79 Å². The van der Waals surface area contributed by atoms with Gasteiger partial charge in [0.2, 0.25) is 0 Å². The number of hydrogen-bond acceptors (Lipinski definition) is 3. The van der Waals surface area contributed by atoms with E-state index in [1.54, 1.807) is 11.1 Å². The Labute approximate surface area is 151 Å². The Bertz CT molecular complexity index is 653. The summed E-state index contributed by atoms with van der Waals surface area (Å²) in [6.45, 7) is 4.33. The van der Waals surface area contributed by atoms with Gasteiger partial charge in [-0.15, -0.1) is 0 Å². The summed E-state index contributed by atoms with van der Waals surface area (Å²) in [6.07, 6.45) is 8.23. The van der Waals surface area contributed by atoms with Crippen LogP contribution in [0, 0.1) is 11.3 Å². The van der Waals surface area contributed by atoms with Gasteiger partial charge in [-0.2, -0.15) is 5.26 Å². The Kier molecular flexibility index (Phi) is 7.06. The van der Waals surface area contributed by atoms with Crippen LogP contribution in [0.15, 0.2) is 36.0 Å². The zero-order valence-electron chi connectivity index (χ0n) is 15.6. The molecule has 1 N–H and O–H groups in total. The summed E-state index contributed by atoms with van der Waals surface area (Å²) in [7, 11) is 1.82. The van der Waals surface area contributed by atoms with E-state index in [0.29, 0.717) is 5.92 Å². The number of benzene rings is 1. The Balaban J connectivity index is 2.12. The van der Waals surface area contributed by atoms with Crippen LogP contribution < -0.4 is 5.32 Å². The minimum atomic E-state index is -0.192. The summed E-state index contributed by atoms with van der Waals surface area (Å²) in [5.41, 5.74) is 2.32. The highest BCUT2D eigenvalue weighted by Gasteiger charge is 2.24. The number of carbonyl (C=O) groups excluding carboxylic acids is 1. The molecule has 1 saturated carbocycles. The fourth-order valence-corrected chi connectivity index (χ4v) is 3.39. The lowest BCUT2D eigenvalue weighted by Gasteiger charge is -2.31. The molecule has 1 aliphatic rings. The molecule has 0 spiro atoms. The predicted molar refractivity (Wildman–Crippen MR) is 102 cm³/mol. The zero-order valence-corrected chi connectivity index (χ0v) is 15.6. The molecule has 1 aromatic carbocycles. The molecule has 0 saturated heterocycles. The quantitative estimate of drug-likeness (QED) is 0.597. The van der Waals surface area contributed by atoms with Gasteiger partial charge in [0.1, 0.15) is 11.6 Å². The first-order chi connectivity index (χ1) is 12.1. The molecule has 0 radical (unpaired) electrons. The normalized spacial score (nSPS) is 16.8. The number of nitrogens with zero attached hydrogens (tertiary/aromatic N) is 2. The number of anilines is 1. The lowest BCUT2D eigenvalue weighted by atomic mass is 9.94. The van der Waals surface area contributed by atoms with E-state index in [-0.39, 0.29) is 17.5 Å². The molecule has 2 rings (SSSR count). The molecular weight excluding hydrogens is 310 g/mol. The maximum atomic E-state index is 12.7. The molecule has 25 heavy (non-hydrogen) atoms. The van der Waals surface area contributed by atoms with Crippen molar-refractivity contribution in [2.75, 3.05) is 12.4 Å². The van der Waals surface area contributed by atoms with Crippen LogP contribution in [-0.2, 0) is 4.79 Å². The summed E-state index contributed by atoms with van der Waals surface area (Å²) in [5, 5.41) is 12.6. The number of amides is 1. The van der Waals surface area contributed by atoms with Crippen LogP contribution in [0.25, 0.3) is 0 Å². The molecule has 1 aliphatic carbocycles. The first-order valence-electron chi connectivity index (χ1n) is 9.31. The van der Waals surface area contributed by atoms with Gasteiger partial charge in [0.25, 0.3) is 5.91 Å². The van der Waals surface area contributed by atoms with Crippen LogP contribution in [0.5, 0.6) is 0 Å². The SMILES string of the molecule is CCC(C)c1ccccc1N/C=C(/C#N)C(=O)N(C)C1CCCCC1. The minimum Gasteiger partial charge on any atom is -0.360 e. The highest BCUT2D eigenvalue weighted by Crippen LogP contribution is 2.27. The van der Waals surface area contributed by atoms with Crippen LogP contribution in [0.4, 0.5) is 5.69 Å². The maximum absolute atomic E-state index is 12.7. The fraction of sp³-hybridized carbons (Fsp3) is 0.524. The average molecular weight is 339 g/mol. The van der Waals surface area contributed by atoms with Gasteiger partial charge in [-0.25, -0.2) is 0 Å². The average Bonchev–Trinajstić information content (AvgIpc) is 2.68. The van der Waals surface area contributed by atoms with Crippen molar-refractivity contribution >= 4 is 11.6 Å². The predicted octanol–water partition coefficient (Wildman–Crippen LogP) is 4.81. The van der Waals surface area contributed by atoms with Gasteiger partial charge in [0.05, 0.1) is 0 Å². The number of rotatable bonds is 6. The largest absolute Gasteiger partial charge is 0.360 e. The molecule has 1 unspecified atom stereocenters. The molecule has 1 aromatic rings. The second-order valence-corrected chi connectivity index (χ2v) is 6.92. The topological polar surface area (TPSA) is 56.1 Å². The van der Waals surface area contributed by atoms with Crippen molar-refractivity contribution in [1.82, 2.24) is 4.90 Å². The van der Waals surface area contributed by atoms with E-state index in [9.17, 15) is 10.1 Å². The summed E-state index contributed by atoms with van der Waals surface area (Å²) in [5.74, 6) is 0.228. The van der Waals surface area contributed by atoms with Gasteiger partial charge in [0.15, 0.2) is 0 Å². The minimum absolute atomic E-state index is 0.159. The van der Waals surface area contributed by atoms with E-state index >= 15 is 0 Å². The van der Waals surface area contributed by atoms with Gasteiger partial charge in [0, 0.05) is 25.0 Å². The van der Waals surface area contributed by atoms with Crippen molar-refractivity contribution in [1.29, 1.82) is 5.26 Å². The smallest absolute Gasteiger partial charge is 0.266 e. The number of nitrogens with one attached hydrogen (secondary N) is 1. The van der Waals surface area contributed by atoms with E-state index < -0.39 is 0 Å². The monoisotopic (exact) mass is 339 g/mol. The van der Waals surface area contributed by atoms with Gasteiger partial charge in [-0.3, -0.25) is 4.79 Å². The standard InChI is InChI=1S/C21H29N3O/c1-4-16(2)19-12-8-9-13-20(19)23-15-17(14-22)21(25)24(3)18-10-6-5-7-11-18/h8-9,12-13,15-16,18,23H,4-7,10-11H2,1-3H3/b17-15-. The van der Waals surface area contributed by atoms with Crippen LogP contribution >= 0.6 is 0 Å². The van der Waals surface area contributed by atoms with Crippen LogP contribution in [0.1, 0.15) is 63.9 Å². The van der Waals surface area contributed by atoms with E-state index in [4.69, 9.17) is 0 Å². The Morgan fingerprint density at radius 3 is 2.68 bits per heavy atom. The van der Waals surface area contributed by atoms with Gasteiger partial charge >= 0.3 is 0 Å². The molecule has 4 nitrogen and oxygen atoms in total. The second-order valence-electron chi connectivity index (χ2n) is 6.92. The number of nitriles is 1. The van der Waals surface area contributed by atoms with Gasteiger partial charge in [-0.05, 0) is 36.8 Å². The third-order valence-corrected chi connectivity index (χ3v) is 5.27. The highest BCUT2D eigenvalue weighted by atomic mass is 16.2. The summed E-state index contributed by atoms with van der Waals surface area (Å²) < 4.78 is 0. The molecule has 1 fully saturated rings. The lowest BCUT2D eigenvalue weighted by Crippen LogP contribution is -2.39. The van der Waals surface area contributed by atoms with Gasteiger partial charge in [-0.1, -0.05) is 51.3 Å². The number of para-hydroxylation sites is 1. The molecule has 4 heteroatoms. The summed E-state index contributed by atoms with van der Waals surface area (Å²) >= 11 is 0. The number of hydrogen-bond donors (Lipinski definition) is 1. The zero-order chi connectivity index (χ0) is 18.2. The Morgan fingerprint density at radius 2 is 2.04 bits per heavy atom. The third-order valence-electron chi connectivity index (χ3n) is 5.27. The Hall–Kier alpha value is -2.28. The summed E-state index contributed by atoms with van der Waals surface area (Å²) in [4.78, 5) is 14.4. The summed E-state index contributed by atoms with van der Waals surface area (Å²) in [6, 6.07) is 10.4. The van der Waals surface area contributed by atoms with Gasteiger partial charge < -0.3 is 10.2 Å². The van der Waals surface area contributed by atoms with E-state index in [0.717, 1.165) is 37.8 Å². The van der Waals surface area contributed by atoms with Crippen molar-refractivity contribution in [3.63, 3.8) is 0 Å². The molecule has 1 amide bonds. The maximum Gasteiger partial charge on any atom is 0.266 e. The molecule has 0 aromatic heterocycles. The number of carbonyl (C=O) groups is 1. The van der Waals surface area contributed by atoms with E-state index in [1.165, 1.54) is 12.0 Å². The first kappa shape index (κ1) is 19.1. The molecule has 1 atom stereocenters. The highest BCUT2D eigenvalue weighted by molar-refractivity contribution is 5.97. The van der Waals surface area contributed by atoms with E-state index in [1.807, 2.05) is 25.2 Å². The van der Waals surface area contributed by atoms with Crippen LogP contribution in [-0.4, -0.2) is 23.9 Å². The van der Waals surface area contributed by atoms with Crippen molar-refractivity contribution in [3.05, 3.63) is 41.6 Å². The van der Waals surface area contributed by atoms with Crippen LogP contribution in [0.3, 0.4) is 0 Å². The van der Waals surface area contributed by atoms with Crippen molar-refractivity contribution in [3.8, 4) is 6.07 Å². The fourth-order valence-electron chi connectivity index (χ4n) is 3.39. The Morgan fingerprint density at radius 1 is 1.36 bits per heavy atom.